The lowest BCUT2D eigenvalue weighted by molar-refractivity contribution is -0.149. The molecule has 1 aliphatic rings. The lowest BCUT2D eigenvalue weighted by Crippen LogP contribution is -2.29. The van der Waals surface area contributed by atoms with Crippen LogP contribution in [0.1, 0.15) is 32.6 Å². The molecule has 0 saturated heterocycles. The van der Waals surface area contributed by atoms with Crippen LogP contribution in [0.2, 0.25) is 0 Å². The monoisotopic (exact) mass is 317 g/mol. The first kappa shape index (κ1) is 15.7. The number of hydrogen-bond donors (Lipinski definition) is 0. The fraction of sp³-hybridized carbons (Fsp3) is 0.444. The van der Waals surface area contributed by atoms with Crippen LogP contribution in [0, 0.1) is 11.7 Å². The Balaban J connectivity index is 1.67. The highest BCUT2D eigenvalue weighted by molar-refractivity contribution is 5.84. The first-order valence-corrected chi connectivity index (χ1v) is 8.05. The molecule has 1 saturated carbocycles. The van der Waals surface area contributed by atoms with E-state index in [1.165, 1.54) is 12.1 Å². The van der Waals surface area contributed by atoms with Crippen LogP contribution in [0.25, 0.3) is 10.9 Å². The van der Waals surface area contributed by atoms with Gasteiger partial charge in [0.1, 0.15) is 11.6 Å². The second kappa shape index (κ2) is 6.94. The minimum atomic E-state index is -0.304. The van der Waals surface area contributed by atoms with Gasteiger partial charge < -0.3 is 9.47 Å². The van der Waals surface area contributed by atoms with Crippen molar-refractivity contribution >= 4 is 16.9 Å². The van der Waals surface area contributed by atoms with Crippen molar-refractivity contribution in [2.45, 2.75) is 38.7 Å². The highest BCUT2D eigenvalue weighted by atomic mass is 19.1. The topological polar surface area (TPSA) is 48.4 Å². The molecule has 0 unspecified atom stereocenters. The molecule has 4 nitrogen and oxygen atoms in total. The van der Waals surface area contributed by atoms with Gasteiger partial charge in [-0.15, -0.1) is 0 Å². The number of benzene rings is 1. The van der Waals surface area contributed by atoms with E-state index in [2.05, 4.69) is 4.98 Å². The second-order valence-corrected chi connectivity index (χ2v) is 5.81. The summed E-state index contributed by atoms with van der Waals surface area (Å²) in [7, 11) is 0. The van der Waals surface area contributed by atoms with Crippen LogP contribution < -0.4 is 4.74 Å². The minimum Gasteiger partial charge on any atom is -0.490 e. The number of halogens is 1. The summed E-state index contributed by atoms with van der Waals surface area (Å²) in [6.07, 6.45) is 4.82. The highest BCUT2D eigenvalue weighted by Crippen LogP contribution is 2.31. The Morgan fingerprint density at radius 3 is 2.78 bits per heavy atom. The summed E-state index contributed by atoms with van der Waals surface area (Å²) in [5.41, 5.74) is 0.712. The average Bonchev–Trinajstić information content (AvgIpc) is 2.56. The number of rotatable bonds is 4. The predicted molar refractivity (Wildman–Crippen MR) is 84.7 cm³/mol. The zero-order chi connectivity index (χ0) is 16.2. The van der Waals surface area contributed by atoms with Crippen LogP contribution >= 0.6 is 0 Å². The van der Waals surface area contributed by atoms with E-state index in [1.54, 1.807) is 18.3 Å². The summed E-state index contributed by atoms with van der Waals surface area (Å²) in [4.78, 5) is 16.0. The lowest BCUT2D eigenvalue weighted by atomic mass is 9.87. The maximum atomic E-state index is 13.5. The van der Waals surface area contributed by atoms with Crippen LogP contribution in [0.15, 0.2) is 30.5 Å². The van der Waals surface area contributed by atoms with Crippen molar-refractivity contribution in [3.63, 3.8) is 0 Å². The highest BCUT2D eigenvalue weighted by Gasteiger charge is 2.28. The molecule has 5 heteroatoms. The van der Waals surface area contributed by atoms with Gasteiger partial charge in [0, 0.05) is 11.6 Å². The van der Waals surface area contributed by atoms with Gasteiger partial charge in [-0.05, 0) is 56.9 Å². The van der Waals surface area contributed by atoms with E-state index in [4.69, 9.17) is 9.47 Å². The number of ether oxygens (including phenoxy) is 2. The number of carbonyl (C=O) groups is 1. The van der Waals surface area contributed by atoms with Gasteiger partial charge in [-0.25, -0.2) is 4.39 Å². The van der Waals surface area contributed by atoms with Crippen LogP contribution in [0.4, 0.5) is 4.39 Å². The first-order chi connectivity index (χ1) is 11.2. The van der Waals surface area contributed by atoms with Gasteiger partial charge in [-0.3, -0.25) is 9.78 Å². The molecular weight excluding hydrogens is 297 g/mol. The number of carbonyl (C=O) groups excluding carboxylic acids is 1. The van der Waals surface area contributed by atoms with E-state index in [1.807, 2.05) is 6.92 Å². The normalized spacial score (nSPS) is 21.1. The Morgan fingerprint density at radius 1 is 1.26 bits per heavy atom. The standard InChI is InChI=1S/C18H20FNO3/c1-2-22-18(21)12-3-6-14(7-4-12)23-17-9-10-20-16-8-5-13(19)11-15(16)17/h5,8-12,14H,2-4,6-7H2,1H3. The summed E-state index contributed by atoms with van der Waals surface area (Å²) in [5.74, 6) is 0.208. The Kier molecular flexibility index (Phi) is 4.74. The molecule has 0 radical (unpaired) electrons. The first-order valence-electron chi connectivity index (χ1n) is 8.05. The summed E-state index contributed by atoms with van der Waals surface area (Å²) in [5, 5.41) is 0.681. The number of aromatic nitrogens is 1. The molecule has 3 rings (SSSR count). The van der Waals surface area contributed by atoms with Crippen molar-refractivity contribution in [1.29, 1.82) is 0 Å². The van der Waals surface area contributed by atoms with Crippen molar-refractivity contribution in [2.75, 3.05) is 6.61 Å². The maximum absolute atomic E-state index is 13.5. The third-order valence-corrected chi connectivity index (χ3v) is 4.25. The van der Waals surface area contributed by atoms with Crippen LogP contribution in [0.3, 0.4) is 0 Å². The Morgan fingerprint density at radius 2 is 2.04 bits per heavy atom. The van der Waals surface area contributed by atoms with Gasteiger partial charge in [0.25, 0.3) is 0 Å². The van der Waals surface area contributed by atoms with Crippen molar-refractivity contribution in [3.8, 4) is 5.75 Å². The summed E-state index contributed by atoms with van der Waals surface area (Å²) < 4.78 is 24.6. The van der Waals surface area contributed by atoms with Gasteiger partial charge in [-0.1, -0.05) is 0 Å². The van der Waals surface area contributed by atoms with Crippen molar-refractivity contribution in [1.82, 2.24) is 4.98 Å². The van der Waals surface area contributed by atoms with E-state index in [9.17, 15) is 9.18 Å². The molecule has 0 atom stereocenters. The Hall–Kier alpha value is -2.17. The molecule has 1 heterocycles. The van der Waals surface area contributed by atoms with Gasteiger partial charge >= 0.3 is 5.97 Å². The van der Waals surface area contributed by atoms with Gasteiger partial charge in [0.05, 0.1) is 24.1 Å². The molecule has 0 spiro atoms. The summed E-state index contributed by atoms with van der Waals surface area (Å²) >= 11 is 0. The number of pyridine rings is 1. The van der Waals surface area contributed by atoms with Gasteiger partial charge in [0.2, 0.25) is 0 Å². The van der Waals surface area contributed by atoms with Crippen LogP contribution in [-0.2, 0) is 9.53 Å². The van der Waals surface area contributed by atoms with E-state index in [0.717, 1.165) is 25.7 Å². The fourth-order valence-electron chi connectivity index (χ4n) is 3.05. The van der Waals surface area contributed by atoms with E-state index >= 15 is 0 Å². The van der Waals surface area contributed by atoms with E-state index < -0.39 is 0 Å². The molecule has 1 aliphatic carbocycles. The third-order valence-electron chi connectivity index (χ3n) is 4.25. The zero-order valence-corrected chi connectivity index (χ0v) is 13.1. The summed E-state index contributed by atoms with van der Waals surface area (Å²) in [6, 6.07) is 6.25. The van der Waals surface area contributed by atoms with E-state index in [0.29, 0.717) is 23.3 Å². The Bertz CT molecular complexity index is 696. The van der Waals surface area contributed by atoms with Gasteiger partial charge in [0.15, 0.2) is 0 Å². The van der Waals surface area contributed by atoms with Crippen molar-refractivity contribution in [2.24, 2.45) is 5.92 Å². The molecule has 0 aliphatic heterocycles. The van der Waals surface area contributed by atoms with Crippen molar-refractivity contribution in [3.05, 3.63) is 36.3 Å². The second-order valence-electron chi connectivity index (χ2n) is 5.81. The zero-order valence-electron chi connectivity index (χ0n) is 13.1. The largest absolute Gasteiger partial charge is 0.490 e. The molecule has 0 bridgehead atoms. The summed E-state index contributed by atoms with van der Waals surface area (Å²) in [6.45, 7) is 2.24. The van der Waals surface area contributed by atoms with E-state index in [-0.39, 0.29) is 23.8 Å². The molecule has 1 fully saturated rings. The molecule has 122 valence electrons. The molecule has 0 N–H and O–H groups in total. The fourth-order valence-corrected chi connectivity index (χ4v) is 3.05. The van der Waals surface area contributed by atoms with Crippen molar-refractivity contribution < 1.29 is 18.7 Å². The molecule has 0 amide bonds. The Labute approximate surface area is 134 Å². The quantitative estimate of drug-likeness (QED) is 0.803. The van der Waals surface area contributed by atoms with Gasteiger partial charge in [-0.2, -0.15) is 0 Å². The number of fused-ring (bicyclic) bond motifs is 1. The number of nitrogens with zero attached hydrogens (tertiary/aromatic N) is 1. The molecule has 1 aromatic heterocycles. The van der Waals surface area contributed by atoms with Crippen LogP contribution in [0.5, 0.6) is 5.75 Å². The molecular formula is C18H20FNO3. The average molecular weight is 317 g/mol. The lowest BCUT2D eigenvalue weighted by Gasteiger charge is -2.28. The van der Waals surface area contributed by atoms with Crippen LogP contribution in [-0.4, -0.2) is 23.7 Å². The molecule has 23 heavy (non-hydrogen) atoms. The maximum Gasteiger partial charge on any atom is 0.308 e. The predicted octanol–water partition coefficient (Wildman–Crippen LogP) is 3.87. The molecule has 2 aromatic rings. The molecule has 1 aromatic carbocycles. The number of esters is 1. The third kappa shape index (κ3) is 3.60. The number of hydrogen-bond acceptors (Lipinski definition) is 4. The SMILES string of the molecule is CCOC(=O)C1CCC(Oc2ccnc3ccc(F)cc23)CC1. The smallest absolute Gasteiger partial charge is 0.308 e. The minimum absolute atomic E-state index is 0.0265.